The van der Waals surface area contributed by atoms with E-state index in [9.17, 15) is 34.8 Å². The van der Waals surface area contributed by atoms with E-state index in [0.717, 1.165) is 63.5 Å². The number of aliphatic hydroxyl groups is 2. The second kappa shape index (κ2) is 32.6. The first-order chi connectivity index (χ1) is 26.2. The van der Waals surface area contributed by atoms with Gasteiger partial charge in [0.2, 0.25) is 11.8 Å². The molecule has 0 aliphatic carbocycles. The number of aromatic nitrogens is 1. The van der Waals surface area contributed by atoms with Crippen molar-refractivity contribution in [3.05, 3.63) is 12.1 Å². The van der Waals surface area contributed by atoms with Gasteiger partial charge in [-0.05, 0) is 12.8 Å². The van der Waals surface area contributed by atoms with E-state index in [1.54, 1.807) is 0 Å². The highest BCUT2D eigenvalue weighted by Crippen LogP contribution is 2.28. The minimum Gasteiger partial charge on any atom is -0.492 e. The van der Waals surface area contributed by atoms with Crippen molar-refractivity contribution in [2.75, 3.05) is 6.61 Å². The topological polar surface area (TPSA) is 156 Å². The smallest absolute Gasteiger partial charge is 0.492 e. The summed E-state index contributed by atoms with van der Waals surface area (Å²) in [5.74, 6) is -2.85. The van der Waals surface area contributed by atoms with E-state index < -0.39 is 47.8 Å². The number of carbonyl (C=O) groups excluding carboxylic acids is 3. The van der Waals surface area contributed by atoms with Crippen molar-refractivity contribution in [3.63, 3.8) is 0 Å². The predicted molar refractivity (Wildman–Crippen MR) is 216 cm³/mol. The molecule has 0 radical (unpaired) electrons. The Morgan fingerprint density at radius 2 is 0.815 bits per heavy atom. The highest BCUT2D eigenvalue weighted by molar-refractivity contribution is 6.12. The molecule has 0 spiro atoms. The number of nitrogens with zero attached hydrogens (tertiary/aromatic N) is 1. The van der Waals surface area contributed by atoms with Crippen LogP contribution in [-0.2, 0) is 14.3 Å². The Bertz CT molecular complexity index is 1020. The molecule has 1 rings (SSSR count). The first-order valence-corrected chi connectivity index (χ1v) is 22.1. The van der Waals surface area contributed by atoms with Crippen molar-refractivity contribution in [1.29, 1.82) is 0 Å². The molecule has 10 heteroatoms. The van der Waals surface area contributed by atoms with Gasteiger partial charge in [0.15, 0.2) is 11.6 Å². The van der Waals surface area contributed by atoms with Crippen molar-refractivity contribution < 1.29 is 44.4 Å². The molecule has 0 aliphatic heterocycles. The molecule has 314 valence electrons. The molecule has 0 bridgehead atoms. The van der Waals surface area contributed by atoms with Crippen LogP contribution >= 0.6 is 0 Å². The van der Waals surface area contributed by atoms with E-state index in [4.69, 9.17) is 9.57 Å². The van der Waals surface area contributed by atoms with Crippen molar-refractivity contribution in [1.82, 2.24) is 4.73 Å². The van der Waals surface area contributed by atoms with Gasteiger partial charge in [0.25, 0.3) is 5.60 Å². The van der Waals surface area contributed by atoms with Gasteiger partial charge >= 0.3 is 6.16 Å². The zero-order chi connectivity index (χ0) is 39.7. The highest BCUT2D eigenvalue weighted by atomic mass is 16.8. The number of hydrogen-bond donors (Lipinski definition) is 4. The third kappa shape index (κ3) is 21.5. The number of aromatic hydroxyl groups is 2. The van der Waals surface area contributed by atoms with Gasteiger partial charge in [-0.3, -0.25) is 14.4 Å². The summed E-state index contributed by atoms with van der Waals surface area (Å²) >= 11 is 0. The monoisotopic (exact) mass is 766 g/mol. The van der Waals surface area contributed by atoms with Crippen LogP contribution in [0.1, 0.15) is 219 Å². The second-order valence-electron chi connectivity index (χ2n) is 15.5. The fourth-order valence-electron chi connectivity index (χ4n) is 7.24. The normalized spacial score (nSPS) is 12.2. The maximum absolute atomic E-state index is 13.7. The van der Waals surface area contributed by atoms with Gasteiger partial charge in [-0.25, -0.2) is 4.79 Å². The average molecular weight is 766 g/mol. The summed E-state index contributed by atoms with van der Waals surface area (Å²) in [6.45, 7) is 3.48. The maximum Gasteiger partial charge on any atom is 0.535 e. The van der Waals surface area contributed by atoms with Gasteiger partial charge in [0.1, 0.15) is 6.10 Å². The van der Waals surface area contributed by atoms with E-state index in [0.29, 0.717) is 17.6 Å². The van der Waals surface area contributed by atoms with Gasteiger partial charge in [0.05, 0.1) is 6.61 Å². The Morgan fingerprint density at radius 3 is 1.09 bits per heavy atom. The fraction of sp³-hybridized carbons (Fsp3) is 0.841. The Labute approximate surface area is 327 Å². The van der Waals surface area contributed by atoms with Crippen LogP contribution in [0.2, 0.25) is 0 Å². The molecule has 10 nitrogen and oxygen atoms in total. The Kier molecular flexibility index (Phi) is 29.9. The van der Waals surface area contributed by atoms with Crippen LogP contribution < -0.4 is 4.84 Å². The van der Waals surface area contributed by atoms with Crippen LogP contribution in [0, 0.1) is 0 Å². The molecule has 1 aromatic rings. The lowest BCUT2D eigenvalue weighted by atomic mass is 9.82. The van der Waals surface area contributed by atoms with Gasteiger partial charge < -0.3 is 25.2 Å². The number of unbranched alkanes of at least 4 members (excludes halogenated alkanes) is 28. The number of aliphatic hydroxyl groups excluding tert-OH is 2. The van der Waals surface area contributed by atoms with Gasteiger partial charge in [0, 0.05) is 25.0 Å². The minimum absolute atomic E-state index is 0.132. The molecule has 1 atom stereocenters. The summed E-state index contributed by atoms with van der Waals surface area (Å²) < 4.78 is 5.71. The molecule has 54 heavy (non-hydrogen) atoms. The molecule has 1 unspecified atom stereocenters. The molecular formula is C44H79NO9. The van der Waals surface area contributed by atoms with E-state index >= 15 is 0 Å². The zero-order valence-corrected chi connectivity index (χ0v) is 34.3. The summed E-state index contributed by atoms with van der Waals surface area (Å²) in [5.41, 5.74) is -2.67. The molecule has 0 amide bonds. The molecule has 0 aromatic carbocycles. The summed E-state index contributed by atoms with van der Waals surface area (Å²) in [6, 6.07) is 2.14. The van der Waals surface area contributed by atoms with Gasteiger partial charge in [-0.1, -0.05) is 194 Å². The number of carbonyl (C=O) groups is 3. The van der Waals surface area contributed by atoms with E-state index in [-0.39, 0.29) is 12.8 Å². The van der Waals surface area contributed by atoms with E-state index in [2.05, 4.69) is 13.8 Å². The molecular weight excluding hydrogens is 686 g/mol. The van der Waals surface area contributed by atoms with Gasteiger partial charge in [-0.2, -0.15) is 0 Å². The number of rotatable bonds is 38. The number of ketones is 2. The van der Waals surface area contributed by atoms with Crippen LogP contribution in [0.5, 0.6) is 11.8 Å². The quantitative estimate of drug-likeness (QED) is 0.0292. The first kappa shape index (κ1) is 49.4. The first-order valence-electron chi connectivity index (χ1n) is 22.1. The SMILES string of the molecule is CCCCCCCCCCCCCCCCCC(=O)C(OC(=O)On1c(O)ccc1O)(C(=O)CCCCCCCCCCCCCCCCC)C(O)CO. The molecule has 0 fully saturated rings. The number of Topliss-reactive ketones (excluding diaryl/α,β-unsaturated/α-hetero) is 2. The third-order valence-electron chi connectivity index (χ3n) is 10.7. The summed E-state index contributed by atoms with van der Waals surface area (Å²) in [6.07, 6.45) is 30.6. The van der Waals surface area contributed by atoms with Crippen LogP contribution in [0.25, 0.3) is 0 Å². The summed E-state index contributed by atoms with van der Waals surface area (Å²) in [4.78, 5) is 45.3. The van der Waals surface area contributed by atoms with Crippen LogP contribution in [0.15, 0.2) is 12.1 Å². The van der Waals surface area contributed by atoms with Gasteiger partial charge in [-0.15, -0.1) is 4.73 Å². The zero-order valence-electron chi connectivity index (χ0n) is 34.3. The lowest BCUT2D eigenvalue weighted by molar-refractivity contribution is -0.171. The largest absolute Gasteiger partial charge is 0.535 e. The predicted octanol–water partition coefficient (Wildman–Crippen LogP) is 11.2. The summed E-state index contributed by atoms with van der Waals surface area (Å²) in [7, 11) is 0. The van der Waals surface area contributed by atoms with Crippen molar-refractivity contribution in [3.8, 4) is 11.8 Å². The van der Waals surface area contributed by atoms with E-state index in [1.807, 2.05) is 0 Å². The van der Waals surface area contributed by atoms with Crippen molar-refractivity contribution >= 4 is 17.7 Å². The van der Waals surface area contributed by atoms with Crippen LogP contribution in [0.4, 0.5) is 4.79 Å². The minimum atomic E-state index is -2.67. The van der Waals surface area contributed by atoms with Crippen LogP contribution in [-0.4, -0.2) is 61.2 Å². The summed E-state index contributed by atoms with van der Waals surface area (Å²) in [5, 5.41) is 40.7. The van der Waals surface area contributed by atoms with Crippen LogP contribution in [0.3, 0.4) is 0 Å². The maximum atomic E-state index is 13.7. The van der Waals surface area contributed by atoms with E-state index in [1.165, 1.54) is 128 Å². The Morgan fingerprint density at radius 1 is 0.537 bits per heavy atom. The fourth-order valence-corrected chi connectivity index (χ4v) is 7.24. The molecule has 1 heterocycles. The molecule has 0 saturated carbocycles. The standard InChI is InChI=1S/C44H79NO9/c1-3-5-7-9-11-13-15-17-19-21-23-25-27-29-31-33-38(47)44(40(49)37-46,53-43(52)54-45-41(50)35-36-42(45)51)39(48)34-32-30-28-26-24-22-20-18-16-14-12-10-8-6-4-2/h35-36,40,46,49-51H,3-34,37H2,1-2H3. The molecule has 1 aromatic heterocycles. The van der Waals surface area contributed by atoms with Crippen molar-refractivity contribution in [2.24, 2.45) is 0 Å². The lowest BCUT2D eigenvalue weighted by Gasteiger charge is -2.33. The third-order valence-corrected chi connectivity index (χ3v) is 10.7. The molecule has 4 N–H and O–H groups in total. The average Bonchev–Trinajstić information content (AvgIpc) is 3.48. The number of hydrogen-bond acceptors (Lipinski definition) is 9. The number of ether oxygens (including phenoxy) is 1. The molecule has 0 aliphatic rings. The highest BCUT2D eigenvalue weighted by Gasteiger charge is 2.54. The Hall–Kier alpha value is -2.59. The Balaban J connectivity index is 2.58. The van der Waals surface area contributed by atoms with Crippen molar-refractivity contribution in [2.45, 2.75) is 231 Å². The lowest BCUT2D eigenvalue weighted by Crippen LogP contribution is -2.60. The molecule has 0 saturated heterocycles. The second-order valence-corrected chi connectivity index (χ2v) is 15.5.